The van der Waals surface area contributed by atoms with Gasteiger partial charge in [-0.05, 0) is 35.2 Å². The van der Waals surface area contributed by atoms with Crippen LogP contribution in [0.5, 0.6) is 5.75 Å². The zero-order chi connectivity index (χ0) is 14.1. The Morgan fingerprint density at radius 1 is 1.15 bits per heavy atom. The van der Waals surface area contributed by atoms with Crippen LogP contribution in [0.2, 0.25) is 5.02 Å². The second kappa shape index (κ2) is 5.76. The van der Waals surface area contributed by atoms with Crippen LogP contribution in [0.1, 0.15) is 15.3 Å². The van der Waals surface area contributed by atoms with Gasteiger partial charge < -0.3 is 4.74 Å². The summed E-state index contributed by atoms with van der Waals surface area (Å²) in [6.07, 6.45) is 0. The summed E-state index contributed by atoms with van der Waals surface area (Å²) in [5.41, 5.74) is 1.05. The summed E-state index contributed by atoms with van der Waals surface area (Å²) in [5.74, 6) is 0.773. The number of methoxy groups -OCH3 is 1. The fourth-order valence-corrected chi connectivity index (χ4v) is 4.41. The van der Waals surface area contributed by atoms with E-state index < -0.39 is 0 Å². The van der Waals surface area contributed by atoms with Crippen molar-refractivity contribution in [2.75, 3.05) is 7.11 Å². The molecule has 20 heavy (non-hydrogen) atoms. The Balaban J connectivity index is 2.01. The molecule has 1 nitrogen and oxygen atoms in total. The molecule has 0 N–H and O–H groups in total. The molecule has 1 atom stereocenters. The number of halogens is 2. The molecule has 1 heterocycles. The van der Waals surface area contributed by atoms with E-state index in [1.807, 2.05) is 18.2 Å². The molecular weight excluding hydrogens is 356 g/mol. The SMILES string of the molecule is COc1ccc(C(Br)c2cc3ccccc3s2)c(Cl)c1. The van der Waals surface area contributed by atoms with Gasteiger partial charge in [-0.1, -0.05) is 51.8 Å². The van der Waals surface area contributed by atoms with Gasteiger partial charge in [0.25, 0.3) is 0 Å². The van der Waals surface area contributed by atoms with Crippen molar-refractivity contribution in [3.8, 4) is 5.75 Å². The number of hydrogen-bond acceptors (Lipinski definition) is 2. The molecule has 0 saturated carbocycles. The molecule has 3 rings (SSSR count). The lowest BCUT2D eigenvalue weighted by Gasteiger charge is -2.11. The summed E-state index contributed by atoms with van der Waals surface area (Å²) < 4.78 is 6.47. The van der Waals surface area contributed by atoms with E-state index in [0.29, 0.717) is 5.02 Å². The second-order valence-electron chi connectivity index (χ2n) is 4.44. The maximum Gasteiger partial charge on any atom is 0.120 e. The van der Waals surface area contributed by atoms with Crippen LogP contribution >= 0.6 is 38.9 Å². The van der Waals surface area contributed by atoms with Crippen LogP contribution in [0.4, 0.5) is 0 Å². The number of benzene rings is 2. The highest BCUT2D eigenvalue weighted by Crippen LogP contribution is 2.41. The van der Waals surface area contributed by atoms with Crippen molar-refractivity contribution in [3.63, 3.8) is 0 Å². The van der Waals surface area contributed by atoms with Gasteiger partial charge in [0.15, 0.2) is 0 Å². The van der Waals surface area contributed by atoms with Gasteiger partial charge in [0.05, 0.1) is 11.9 Å². The number of alkyl halides is 1. The summed E-state index contributed by atoms with van der Waals surface area (Å²) >= 11 is 11.9. The van der Waals surface area contributed by atoms with Crippen LogP contribution in [0.25, 0.3) is 10.1 Å². The van der Waals surface area contributed by atoms with E-state index in [2.05, 4.69) is 46.3 Å². The molecule has 0 bridgehead atoms. The topological polar surface area (TPSA) is 9.23 Å². The van der Waals surface area contributed by atoms with Gasteiger partial charge in [0.1, 0.15) is 5.75 Å². The van der Waals surface area contributed by atoms with Gasteiger partial charge in [-0.25, -0.2) is 0 Å². The van der Waals surface area contributed by atoms with Crippen molar-refractivity contribution in [2.24, 2.45) is 0 Å². The smallest absolute Gasteiger partial charge is 0.120 e. The van der Waals surface area contributed by atoms with E-state index in [1.165, 1.54) is 15.0 Å². The Morgan fingerprint density at radius 3 is 2.65 bits per heavy atom. The van der Waals surface area contributed by atoms with E-state index in [1.54, 1.807) is 18.4 Å². The second-order valence-corrected chi connectivity index (χ2v) is 6.87. The molecule has 2 aromatic carbocycles. The van der Waals surface area contributed by atoms with Gasteiger partial charge in [-0.2, -0.15) is 0 Å². The Bertz CT molecular complexity index is 720. The van der Waals surface area contributed by atoms with Crippen molar-refractivity contribution in [3.05, 3.63) is 64.0 Å². The minimum absolute atomic E-state index is 0.0957. The van der Waals surface area contributed by atoms with Crippen molar-refractivity contribution in [1.82, 2.24) is 0 Å². The zero-order valence-electron chi connectivity index (χ0n) is 10.8. The molecule has 0 fully saturated rings. The van der Waals surface area contributed by atoms with Gasteiger partial charge in [-0.15, -0.1) is 11.3 Å². The third-order valence-corrected chi connectivity index (χ3v) is 5.97. The van der Waals surface area contributed by atoms with Crippen LogP contribution in [0.3, 0.4) is 0 Å². The predicted molar refractivity (Wildman–Crippen MR) is 90.6 cm³/mol. The van der Waals surface area contributed by atoms with Crippen LogP contribution in [0.15, 0.2) is 48.5 Å². The van der Waals surface area contributed by atoms with Crippen molar-refractivity contribution in [2.45, 2.75) is 4.83 Å². The summed E-state index contributed by atoms with van der Waals surface area (Å²) in [7, 11) is 1.64. The fraction of sp³-hybridized carbons (Fsp3) is 0.125. The number of thiophene rings is 1. The Hall–Kier alpha value is -1.03. The van der Waals surface area contributed by atoms with Gasteiger partial charge >= 0.3 is 0 Å². The Morgan fingerprint density at radius 2 is 1.95 bits per heavy atom. The first-order valence-corrected chi connectivity index (χ1v) is 8.26. The molecule has 0 spiro atoms. The molecule has 0 radical (unpaired) electrons. The van der Waals surface area contributed by atoms with Crippen LogP contribution in [0, 0.1) is 0 Å². The van der Waals surface area contributed by atoms with Crippen molar-refractivity contribution < 1.29 is 4.74 Å². The molecule has 3 aromatic rings. The normalized spacial score (nSPS) is 12.6. The lowest BCUT2D eigenvalue weighted by molar-refractivity contribution is 0.414. The van der Waals surface area contributed by atoms with Crippen molar-refractivity contribution >= 4 is 49.0 Å². The maximum atomic E-state index is 6.35. The number of rotatable bonds is 3. The fourth-order valence-electron chi connectivity index (χ4n) is 2.12. The standard InChI is InChI=1S/C16H12BrClOS/c1-19-11-6-7-12(13(18)9-11)16(17)15-8-10-4-2-3-5-14(10)20-15/h2-9,16H,1H3. The Kier molecular flexibility index (Phi) is 4.01. The largest absolute Gasteiger partial charge is 0.497 e. The highest BCUT2D eigenvalue weighted by Gasteiger charge is 2.16. The number of hydrogen-bond donors (Lipinski definition) is 0. The third-order valence-electron chi connectivity index (χ3n) is 3.18. The first-order valence-electron chi connectivity index (χ1n) is 6.15. The number of fused-ring (bicyclic) bond motifs is 1. The zero-order valence-corrected chi connectivity index (χ0v) is 13.9. The molecule has 4 heteroatoms. The minimum atomic E-state index is 0.0957. The summed E-state index contributed by atoms with van der Waals surface area (Å²) in [6.45, 7) is 0. The predicted octanol–water partition coefficient (Wildman–Crippen LogP) is 6.05. The average Bonchev–Trinajstić information content (AvgIpc) is 2.90. The molecule has 1 aromatic heterocycles. The monoisotopic (exact) mass is 366 g/mol. The minimum Gasteiger partial charge on any atom is -0.497 e. The van der Waals surface area contributed by atoms with E-state index in [-0.39, 0.29) is 4.83 Å². The number of ether oxygens (including phenoxy) is 1. The lowest BCUT2D eigenvalue weighted by Crippen LogP contribution is -1.92. The average molecular weight is 368 g/mol. The lowest BCUT2D eigenvalue weighted by atomic mass is 10.1. The first-order chi connectivity index (χ1) is 9.69. The Labute approximate surface area is 135 Å². The molecule has 0 saturated heterocycles. The van der Waals surface area contributed by atoms with E-state index in [9.17, 15) is 0 Å². The van der Waals surface area contributed by atoms with Crippen LogP contribution in [-0.4, -0.2) is 7.11 Å². The third kappa shape index (κ3) is 2.58. The summed E-state index contributed by atoms with van der Waals surface area (Å²) in [5, 5.41) is 1.98. The van der Waals surface area contributed by atoms with Gasteiger partial charge in [-0.3, -0.25) is 0 Å². The molecule has 1 unspecified atom stereocenters. The molecule has 0 amide bonds. The maximum absolute atomic E-state index is 6.35. The quantitative estimate of drug-likeness (QED) is 0.512. The van der Waals surface area contributed by atoms with Gasteiger partial charge in [0.2, 0.25) is 0 Å². The summed E-state index contributed by atoms with van der Waals surface area (Å²) in [6, 6.07) is 16.4. The van der Waals surface area contributed by atoms with E-state index in [4.69, 9.17) is 16.3 Å². The molecular formula is C16H12BrClOS. The van der Waals surface area contributed by atoms with Crippen molar-refractivity contribution in [1.29, 1.82) is 0 Å². The highest BCUT2D eigenvalue weighted by molar-refractivity contribution is 9.09. The molecule has 102 valence electrons. The molecule has 0 aliphatic rings. The first kappa shape index (κ1) is 13.9. The van der Waals surface area contributed by atoms with Crippen LogP contribution in [-0.2, 0) is 0 Å². The van der Waals surface area contributed by atoms with E-state index >= 15 is 0 Å². The highest BCUT2D eigenvalue weighted by atomic mass is 79.9. The molecule has 0 aliphatic carbocycles. The molecule has 0 aliphatic heterocycles. The van der Waals surface area contributed by atoms with Crippen LogP contribution < -0.4 is 4.74 Å². The van der Waals surface area contributed by atoms with Gasteiger partial charge in [0, 0.05) is 14.6 Å². The van der Waals surface area contributed by atoms with E-state index in [0.717, 1.165) is 11.3 Å². The summed E-state index contributed by atoms with van der Waals surface area (Å²) in [4.78, 5) is 1.34.